The molecule has 0 heterocycles. The molecule has 0 radical (unpaired) electrons. The summed E-state index contributed by atoms with van der Waals surface area (Å²) in [5.74, 6) is 0. The normalized spacial score (nSPS) is 7.50. The van der Waals surface area contributed by atoms with Gasteiger partial charge in [0.15, 0.2) is 0 Å². The molecule has 1 amide bonds. The van der Waals surface area contributed by atoms with Crippen molar-refractivity contribution in [3.05, 3.63) is 0 Å². The van der Waals surface area contributed by atoms with Crippen molar-refractivity contribution in [2.24, 2.45) is 17.2 Å². The monoisotopic (exact) mass is 149 g/mol. The van der Waals surface area contributed by atoms with Crippen molar-refractivity contribution in [1.29, 1.82) is 0 Å². The van der Waals surface area contributed by atoms with Crippen LogP contribution in [0.4, 0.5) is 4.79 Å². The fraction of sp³-hybridized carbons (Fsp3) is 0.800. The van der Waals surface area contributed by atoms with E-state index in [9.17, 15) is 4.79 Å². The minimum Gasteiger partial charge on any atom is -0.450 e. The maximum absolute atomic E-state index is 9.60. The molecule has 0 spiro atoms. The van der Waals surface area contributed by atoms with E-state index >= 15 is 0 Å². The smallest absolute Gasteiger partial charge is 0.404 e. The van der Waals surface area contributed by atoms with Gasteiger partial charge < -0.3 is 21.9 Å². The summed E-state index contributed by atoms with van der Waals surface area (Å²) in [5.41, 5.74) is 14.3. The van der Waals surface area contributed by atoms with E-state index < -0.39 is 6.09 Å². The van der Waals surface area contributed by atoms with Gasteiger partial charge in [-0.3, -0.25) is 0 Å². The van der Waals surface area contributed by atoms with Crippen LogP contribution in [-0.4, -0.2) is 25.8 Å². The molecule has 0 rings (SSSR count). The first-order valence-corrected chi connectivity index (χ1v) is 3.01. The molecule has 0 aliphatic rings. The second-order valence-electron chi connectivity index (χ2n) is 1.33. The third-order valence-electron chi connectivity index (χ3n) is 0.453. The molecular formula is C5H15N3O2. The lowest BCUT2D eigenvalue weighted by Crippen LogP contribution is -2.11. The van der Waals surface area contributed by atoms with Gasteiger partial charge in [0.25, 0.3) is 0 Å². The first kappa shape index (κ1) is 11.9. The Bertz CT molecular complexity index is 75.3. The molecule has 0 aliphatic carbocycles. The fourth-order valence-corrected chi connectivity index (χ4v) is 0.142. The molecule has 0 unspecified atom stereocenters. The topological polar surface area (TPSA) is 104 Å². The summed E-state index contributed by atoms with van der Waals surface area (Å²) in [7, 11) is 0. The molecule has 0 atom stereocenters. The Kier molecular flexibility index (Phi) is 13.2. The summed E-state index contributed by atoms with van der Waals surface area (Å²) in [6, 6.07) is 0. The molecule has 62 valence electrons. The molecule has 5 nitrogen and oxygen atoms in total. The Hall–Kier alpha value is -0.810. The molecule has 0 aromatic heterocycles. The molecule has 0 saturated carbocycles. The van der Waals surface area contributed by atoms with Gasteiger partial charge in [0.1, 0.15) is 0 Å². The van der Waals surface area contributed by atoms with E-state index in [2.05, 4.69) is 10.5 Å². The van der Waals surface area contributed by atoms with Gasteiger partial charge in [0, 0.05) is 13.1 Å². The summed E-state index contributed by atoms with van der Waals surface area (Å²) in [6.45, 7) is 3.25. The van der Waals surface area contributed by atoms with Crippen LogP contribution >= 0.6 is 0 Å². The van der Waals surface area contributed by atoms with Crippen LogP contribution < -0.4 is 17.2 Å². The van der Waals surface area contributed by atoms with Crippen LogP contribution in [0.25, 0.3) is 0 Å². The van der Waals surface area contributed by atoms with Gasteiger partial charge in [-0.05, 0) is 6.92 Å². The first-order chi connectivity index (χ1) is 4.68. The fourth-order valence-electron chi connectivity index (χ4n) is 0.142. The van der Waals surface area contributed by atoms with E-state index in [1.807, 2.05) is 0 Å². The van der Waals surface area contributed by atoms with Crippen molar-refractivity contribution in [2.75, 3.05) is 19.7 Å². The molecule has 5 heteroatoms. The van der Waals surface area contributed by atoms with Gasteiger partial charge in [-0.1, -0.05) is 0 Å². The first-order valence-electron chi connectivity index (χ1n) is 3.01. The minimum absolute atomic E-state index is 0.356. The molecular weight excluding hydrogens is 134 g/mol. The van der Waals surface area contributed by atoms with Crippen LogP contribution in [0, 0.1) is 0 Å². The van der Waals surface area contributed by atoms with Gasteiger partial charge in [-0.15, -0.1) is 0 Å². The van der Waals surface area contributed by atoms with E-state index in [0.29, 0.717) is 19.7 Å². The van der Waals surface area contributed by atoms with E-state index in [-0.39, 0.29) is 0 Å². The molecule has 0 saturated heterocycles. The minimum atomic E-state index is -0.711. The second kappa shape index (κ2) is 11.0. The molecule has 0 aliphatic heterocycles. The number of ether oxygens (including phenoxy) is 1. The van der Waals surface area contributed by atoms with Crippen molar-refractivity contribution < 1.29 is 9.53 Å². The zero-order valence-electron chi connectivity index (χ0n) is 6.17. The Morgan fingerprint density at radius 2 is 1.80 bits per heavy atom. The zero-order chi connectivity index (χ0) is 8.41. The molecule has 0 fully saturated rings. The average molecular weight is 149 g/mol. The highest BCUT2D eigenvalue weighted by Crippen LogP contribution is 1.66. The predicted octanol–water partition coefficient (Wildman–Crippen LogP) is -0.995. The van der Waals surface area contributed by atoms with Gasteiger partial charge in [-0.25, -0.2) is 4.79 Å². The van der Waals surface area contributed by atoms with Crippen LogP contribution in [0.15, 0.2) is 0 Å². The Morgan fingerprint density at radius 3 is 1.80 bits per heavy atom. The Balaban J connectivity index is 0. The predicted molar refractivity (Wildman–Crippen MR) is 39.3 cm³/mol. The highest BCUT2D eigenvalue weighted by molar-refractivity contribution is 5.64. The SMILES string of the molecule is CCOC(N)=O.NCCN. The van der Waals surface area contributed by atoms with Crippen molar-refractivity contribution in [3.63, 3.8) is 0 Å². The summed E-state index contributed by atoms with van der Waals surface area (Å²) < 4.78 is 4.18. The second-order valence-corrected chi connectivity index (χ2v) is 1.33. The van der Waals surface area contributed by atoms with Crippen molar-refractivity contribution in [2.45, 2.75) is 6.92 Å². The van der Waals surface area contributed by atoms with Crippen molar-refractivity contribution in [3.8, 4) is 0 Å². The van der Waals surface area contributed by atoms with Crippen LogP contribution in [0.1, 0.15) is 6.92 Å². The van der Waals surface area contributed by atoms with Crippen LogP contribution in [0.5, 0.6) is 0 Å². The van der Waals surface area contributed by atoms with Crippen LogP contribution in [-0.2, 0) is 4.74 Å². The number of rotatable bonds is 2. The van der Waals surface area contributed by atoms with Crippen LogP contribution in [0.2, 0.25) is 0 Å². The standard InChI is InChI=1S/C3H7NO2.C2H8N2/c1-2-6-3(4)5;3-1-2-4/h2H2,1H3,(H2,4,5);1-4H2. The number of amides is 1. The quantitative estimate of drug-likeness (QED) is 0.468. The number of hydrogen-bond acceptors (Lipinski definition) is 4. The third-order valence-corrected chi connectivity index (χ3v) is 0.453. The molecule has 6 N–H and O–H groups in total. The molecule has 0 aromatic carbocycles. The lowest BCUT2D eigenvalue weighted by molar-refractivity contribution is 0.163. The number of hydrogen-bond donors (Lipinski definition) is 3. The lowest BCUT2D eigenvalue weighted by atomic mass is 10.7. The summed E-state index contributed by atoms with van der Waals surface area (Å²) in [5, 5.41) is 0. The summed E-state index contributed by atoms with van der Waals surface area (Å²) in [6.07, 6.45) is -0.711. The lowest BCUT2D eigenvalue weighted by Gasteiger charge is -1.89. The summed E-state index contributed by atoms with van der Waals surface area (Å²) in [4.78, 5) is 9.60. The molecule has 0 aromatic rings. The molecule has 0 bridgehead atoms. The van der Waals surface area contributed by atoms with Gasteiger partial charge in [-0.2, -0.15) is 0 Å². The maximum atomic E-state index is 9.60. The molecule has 10 heavy (non-hydrogen) atoms. The number of carbonyl (C=O) groups excluding carboxylic acids is 1. The van der Waals surface area contributed by atoms with E-state index in [1.54, 1.807) is 6.92 Å². The highest BCUT2D eigenvalue weighted by Gasteiger charge is 1.82. The van der Waals surface area contributed by atoms with Gasteiger partial charge >= 0.3 is 6.09 Å². The van der Waals surface area contributed by atoms with Gasteiger partial charge in [0.05, 0.1) is 6.61 Å². The van der Waals surface area contributed by atoms with Crippen LogP contribution in [0.3, 0.4) is 0 Å². The zero-order valence-corrected chi connectivity index (χ0v) is 6.17. The van der Waals surface area contributed by atoms with E-state index in [4.69, 9.17) is 11.5 Å². The third kappa shape index (κ3) is 27.1. The van der Waals surface area contributed by atoms with E-state index in [0.717, 1.165) is 0 Å². The van der Waals surface area contributed by atoms with E-state index in [1.165, 1.54) is 0 Å². The number of primary amides is 1. The van der Waals surface area contributed by atoms with Crippen molar-refractivity contribution >= 4 is 6.09 Å². The maximum Gasteiger partial charge on any atom is 0.404 e. The average Bonchev–Trinajstić information content (AvgIpc) is 1.89. The van der Waals surface area contributed by atoms with Gasteiger partial charge in [0.2, 0.25) is 0 Å². The largest absolute Gasteiger partial charge is 0.450 e. The number of nitrogens with two attached hydrogens (primary N) is 3. The Labute approximate surface area is 60.5 Å². The number of carbonyl (C=O) groups is 1. The van der Waals surface area contributed by atoms with Crippen molar-refractivity contribution in [1.82, 2.24) is 0 Å². The Morgan fingerprint density at radius 1 is 1.40 bits per heavy atom. The highest BCUT2D eigenvalue weighted by atomic mass is 16.5. The summed E-state index contributed by atoms with van der Waals surface area (Å²) >= 11 is 0.